The smallest absolute Gasteiger partial charge is 0.134 e. The third-order valence-electron chi connectivity index (χ3n) is 3.76. The van der Waals surface area contributed by atoms with Crippen LogP contribution in [0.2, 0.25) is 0 Å². The van der Waals surface area contributed by atoms with Gasteiger partial charge >= 0.3 is 0 Å². The standard InChI is InChI=1S/C15H20N2O/c1-17(10-12-8-16-9-12)7-6-13-11-18-15-5-3-2-4-14(13)15/h2-5,11-12,16H,6-10H2,1H3. The van der Waals surface area contributed by atoms with Crippen LogP contribution in [-0.2, 0) is 6.42 Å². The monoisotopic (exact) mass is 244 g/mol. The quantitative estimate of drug-likeness (QED) is 0.873. The van der Waals surface area contributed by atoms with Crippen molar-refractivity contribution in [3.05, 3.63) is 36.1 Å². The Balaban J connectivity index is 1.58. The van der Waals surface area contributed by atoms with Crippen molar-refractivity contribution >= 4 is 11.0 Å². The van der Waals surface area contributed by atoms with Crippen molar-refractivity contribution in [3.63, 3.8) is 0 Å². The minimum atomic E-state index is 0.844. The first-order valence-electron chi connectivity index (χ1n) is 6.67. The van der Waals surface area contributed by atoms with Crippen molar-refractivity contribution in [1.29, 1.82) is 0 Å². The van der Waals surface area contributed by atoms with E-state index in [1.165, 1.54) is 30.6 Å². The number of para-hydroxylation sites is 1. The SMILES string of the molecule is CN(CCc1coc2ccccc12)CC1CNC1. The molecule has 0 amide bonds. The normalized spacial score (nSPS) is 16.3. The number of rotatable bonds is 5. The fraction of sp³-hybridized carbons (Fsp3) is 0.467. The number of hydrogen-bond donors (Lipinski definition) is 1. The second-order valence-corrected chi connectivity index (χ2v) is 5.29. The van der Waals surface area contributed by atoms with Crippen molar-refractivity contribution in [2.75, 3.05) is 33.2 Å². The number of nitrogens with zero attached hydrogens (tertiary/aromatic N) is 1. The summed E-state index contributed by atoms with van der Waals surface area (Å²) in [6.07, 6.45) is 2.97. The van der Waals surface area contributed by atoms with E-state index in [1.807, 2.05) is 18.4 Å². The predicted molar refractivity (Wildman–Crippen MR) is 73.8 cm³/mol. The van der Waals surface area contributed by atoms with Crippen LogP contribution in [-0.4, -0.2) is 38.1 Å². The van der Waals surface area contributed by atoms with E-state index in [2.05, 4.69) is 29.4 Å². The first-order chi connectivity index (χ1) is 8.83. The third-order valence-corrected chi connectivity index (χ3v) is 3.76. The van der Waals surface area contributed by atoms with Crippen LogP contribution in [0.25, 0.3) is 11.0 Å². The molecule has 0 bridgehead atoms. The fourth-order valence-corrected chi connectivity index (χ4v) is 2.55. The highest BCUT2D eigenvalue weighted by atomic mass is 16.3. The average Bonchev–Trinajstić information content (AvgIpc) is 2.75. The number of nitrogens with one attached hydrogen (secondary N) is 1. The van der Waals surface area contributed by atoms with Crippen molar-refractivity contribution < 1.29 is 4.42 Å². The van der Waals surface area contributed by atoms with Gasteiger partial charge in [0.25, 0.3) is 0 Å². The molecule has 1 fully saturated rings. The zero-order chi connectivity index (χ0) is 12.4. The van der Waals surface area contributed by atoms with Gasteiger partial charge in [-0.05, 0) is 31.0 Å². The van der Waals surface area contributed by atoms with Crippen LogP contribution < -0.4 is 5.32 Å². The third kappa shape index (κ3) is 2.42. The van der Waals surface area contributed by atoms with Crippen LogP contribution in [0.1, 0.15) is 5.56 Å². The topological polar surface area (TPSA) is 28.4 Å². The molecule has 3 rings (SSSR count). The molecule has 96 valence electrons. The Kier molecular flexibility index (Phi) is 3.35. The lowest BCUT2D eigenvalue weighted by atomic mass is 10.0. The van der Waals surface area contributed by atoms with Crippen LogP contribution in [0.4, 0.5) is 0 Å². The van der Waals surface area contributed by atoms with Gasteiger partial charge in [-0.2, -0.15) is 0 Å². The summed E-state index contributed by atoms with van der Waals surface area (Å²) < 4.78 is 5.57. The van der Waals surface area contributed by atoms with E-state index in [4.69, 9.17) is 4.42 Å². The first kappa shape index (κ1) is 11.8. The van der Waals surface area contributed by atoms with Gasteiger partial charge in [-0.3, -0.25) is 0 Å². The van der Waals surface area contributed by atoms with Gasteiger partial charge in [0.1, 0.15) is 5.58 Å². The van der Waals surface area contributed by atoms with Crippen molar-refractivity contribution in [1.82, 2.24) is 10.2 Å². The Labute approximate surface area is 108 Å². The van der Waals surface area contributed by atoms with Gasteiger partial charge in [0.15, 0.2) is 0 Å². The lowest BCUT2D eigenvalue weighted by Crippen LogP contribution is -2.47. The molecule has 3 nitrogen and oxygen atoms in total. The number of furan rings is 1. The van der Waals surface area contributed by atoms with Crippen LogP contribution in [0.5, 0.6) is 0 Å². The number of fused-ring (bicyclic) bond motifs is 1. The highest BCUT2D eigenvalue weighted by Gasteiger charge is 2.18. The maximum absolute atomic E-state index is 5.57. The van der Waals surface area contributed by atoms with Gasteiger partial charge in [-0.25, -0.2) is 0 Å². The predicted octanol–water partition coefficient (Wildman–Crippen LogP) is 2.13. The summed E-state index contributed by atoms with van der Waals surface area (Å²) in [5.74, 6) is 0.844. The summed E-state index contributed by atoms with van der Waals surface area (Å²) in [6.45, 7) is 4.65. The van der Waals surface area contributed by atoms with Crippen molar-refractivity contribution in [2.24, 2.45) is 5.92 Å². The van der Waals surface area contributed by atoms with Crippen LogP contribution >= 0.6 is 0 Å². The van der Waals surface area contributed by atoms with Gasteiger partial charge in [0.05, 0.1) is 6.26 Å². The van der Waals surface area contributed by atoms with Crippen LogP contribution in [0.15, 0.2) is 34.9 Å². The average molecular weight is 244 g/mol. The van der Waals surface area contributed by atoms with E-state index >= 15 is 0 Å². The first-order valence-corrected chi connectivity index (χ1v) is 6.67. The summed E-state index contributed by atoms with van der Waals surface area (Å²) in [6, 6.07) is 8.27. The molecule has 2 heterocycles. The van der Waals surface area contributed by atoms with Crippen LogP contribution in [0, 0.1) is 5.92 Å². The Bertz CT molecular complexity index is 516. The summed E-state index contributed by atoms with van der Waals surface area (Å²) in [4.78, 5) is 2.42. The van der Waals surface area contributed by atoms with E-state index in [0.29, 0.717) is 0 Å². The zero-order valence-electron chi connectivity index (χ0n) is 10.9. The molecule has 0 atom stereocenters. The van der Waals surface area contributed by atoms with E-state index < -0.39 is 0 Å². The van der Waals surface area contributed by atoms with Crippen molar-refractivity contribution in [2.45, 2.75) is 6.42 Å². The lowest BCUT2D eigenvalue weighted by Gasteiger charge is -2.31. The molecular weight excluding hydrogens is 224 g/mol. The Morgan fingerprint density at radius 1 is 1.33 bits per heavy atom. The molecule has 0 unspecified atom stereocenters. The summed E-state index contributed by atoms with van der Waals surface area (Å²) in [5.41, 5.74) is 2.32. The second-order valence-electron chi connectivity index (χ2n) is 5.29. The Hall–Kier alpha value is -1.32. The molecule has 0 spiro atoms. The molecular formula is C15H20N2O. The molecule has 0 saturated carbocycles. The second kappa shape index (κ2) is 5.12. The molecule has 1 N–H and O–H groups in total. The van der Waals surface area contributed by atoms with E-state index in [1.54, 1.807) is 0 Å². The molecule has 1 aromatic heterocycles. The van der Waals surface area contributed by atoms with Gasteiger partial charge in [0, 0.05) is 31.6 Å². The van der Waals surface area contributed by atoms with E-state index in [9.17, 15) is 0 Å². The largest absolute Gasteiger partial charge is 0.464 e. The molecule has 1 aliphatic heterocycles. The van der Waals surface area contributed by atoms with Crippen molar-refractivity contribution in [3.8, 4) is 0 Å². The molecule has 1 saturated heterocycles. The minimum absolute atomic E-state index is 0.844. The molecule has 0 radical (unpaired) electrons. The maximum Gasteiger partial charge on any atom is 0.134 e. The summed E-state index contributed by atoms with van der Waals surface area (Å²) >= 11 is 0. The van der Waals surface area contributed by atoms with E-state index in [0.717, 1.165) is 24.5 Å². The lowest BCUT2D eigenvalue weighted by molar-refractivity contribution is 0.226. The fourth-order valence-electron chi connectivity index (χ4n) is 2.55. The molecule has 0 aliphatic carbocycles. The summed E-state index contributed by atoms with van der Waals surface area (Å²) in [7, 11) is 2.21. The number of benzene rings is 1. The summed E-state index contributed by atoms with van der Waals surface area (Å²) in [5, 5.41) is 4.58. The molecule has 3 heteroatoms. The number of hydrogen-bond acceptors (Lipinski definition) is 3. The van der Waals surface area contributed by atoms with Gasteiger partial charge < -0.3 is 14.6 Å². The van der Waals surface area contributed by atoms with Crippen LogP contribution in [0.3, 0.4) is 0 Å². The number of likely N-dealkylation sites (N-methyl/N-ethyl adjacent to an activating group) is 1. The zero-order valence-corrected chi connectivity index (χ0v) is 10.9. The Morgan fingerprint density at radius 3 is 2.94 bits per heavy atom. The van der Waals surface area contributed by atoms with Gasteiger partial charge in [0.2, 0.25) is 0 Å². The highest BCUT2D eigenvalue weighted by molar-refractivity contribution is 5.80. The molecule has 18 heavy (non-hydrogen) atoms. The maximum atomic E-state index is 5.57. The molecule has 1 aromatic carbocycles. The van der Waals surface area contributed by atoms with Gasteiger partial charge in [-0.15, -0.1) is 0 Å². The molecule has 1 aliphatic rings. The Morgan fingerprint density at radius 2 is 2.17 bits per heavy atom. The molecule has 2 aromatic rings. The highest BCUT2D eigenvalue weighted by Crippen LogP contribution is 2.21. The minimum Gasteiger partial charge on any atom is -0.464 e. The van der Waals surface area contributed by atoms with Gasteiger partial charge in [-0.1, -0.05) is 18.2 Å². The van der Waals surface area contributed by atoms with E-state index in [-0.39, 0.29) is 0 Å².